The van der Waals surface area contributed by atoms with Crippen LogP contribution in [0.5, 0.6) is 17.4 Å². The largest absolute Gasteiger partial charge is 0.505 e. The number of rotatable bonds is 19. The van der Waals surface area contributed by atoms with Gasteiger partial charge < -0.3 is 15.3 Å². The number of aromatic hydroxyl groups is 3. The Hall–Kier alpha value is -6.32. The average Bonchev–Trinajstić information content (AvgIpc) is 3.56. The number of aryl methyl sites for hydroxylation is 1. The molecule has 66 heavy (non-hydrogen) atoms. The molecule has 0 aliphatic heterocycles. The molecule has 0 fully saturated rings. The van der Waals surface area contributed by atoms with Gasteiger partial charge in [-0.25, -0.2) is 15.8 Å². The molecule has 8 N–H and O–H groups in total. The maximum absolute atomic E-state index is 12.6. The third kappa shape index (κ3) is 11.2. The zero-order chi connectivity index (χ0) is 47.9. The van der Waals surface area contributed by atoms with Gasteiger partial charge >= 0.3 is 0 Å². The average molecular weight is 1010 g/mol. The molecule has 0 aliphatic carbocycles. The van der Waals surface area contributed by atoms with E-state index in [1.165, 1.54) is 19.1 Å². The highest BCUT2D eigenvalue weighted by molar-refractivity contribution is 7.95. The minimum atomic E-state index is -5.29. The summed E-state index contributed by atoms with van der Waals surface area (Å²) in [6.45, 7) is 1.49. The van der Waals surface area contributed by atoms with E-state index < -0.39 is 80.5 Å². The molecule has 1 heterocycles. The molecular weight excluding hydrogens is 991 g/mol. The van der Waals surface area contributed by atoms with E-state index >= 15 is 0 Å². The fourth-order valence-electron chi connectivity index (χ4n) is 5.45. The van der Waals surface area contributed by atoms with E-state index in [4.69, 9.17) is 15.8 Å². The number of hydrogen-bond acceptors (Lipinski definition) is 28. The Morgan fingerprint density at radius 3 is 1.86 bits per heavy atom. The Morgan fingerprint density at radius 1 is 0.652 bits per heavy atom. The van der Waals surface area contributed by atoms with Crippen molar-refractivity contribution in [2.75, 3.05) is 0 Å². The predicted octanol–water partition coefficient (Wildman–Crippen LogP) is 9.38. The topological polar surface area (TPSA) is 421 Å². The van der Waals surface area contributed by atoms with Crippen LogP contribution in [0.3, 0.4) is 0 Å². The van der Waals surface area contributed by atoms with Gasteiger partial charge in [0.05, 0.1) is 73.3 Å². The van der Waals surface area contributed by atoms with Crippen molar-refractivity contribution in [3.05, 3.63) is 88.6 Å². The fourth-order valence-corrected chi connectivity index (χ4v) is 8.07. The first kappa shape index (κ1) is 49.1. The fraction of sp³-hybridized carbons (Fsp3) is 0.0312. The Labute approximate surface area is 379 Å². The third-order valence-electron chi connectivity index (χ3n) is 8.24. The van der Waals surface area contributed by atoms with Crippen LogP contribution in [0.25, 0.3) is 16.5 Å². The molecule has 6 rings (SSSR count). The number of phenolic OH excluding ortho intramolecular Hbond substituents is 2. The van der Waals surface area contributed by atoms with Crippen molar-refractivity contribution in [2.24, 2.45) is 30.7 Å². The summed E-state index contributed by atoms with van der Waals surface area (Å²) in [4.78, 5) is 8.38. The maximum atomic E-state index is 12.6. The van der Waals surface area contributed by atoms with Gasteiger partial charge in [-0.15, -0.1) is 38.6 Å². The van der Waals surface area contributed by atoms with Crippen molar-refractivity contribution in [1.82, 2.24) is 9.78 Å². The van der Waals surface area contributed by atoms with Crippen LogP contribution in [0.4, 0.5) is 39.8 Å². The summed E-state index contributed by atoms with van der Waals surface area (Å²) >= 11 is 1.02. The van der Waals surface area contributed by atoms with Crippen molar-refractivity contribution in [1.29, 1.82) is 0 Å². The first-order valence-corrected chi connectivity index (χ1v) is 22.0. The molecular formula is C32H23N9O20S5. The molecule has 0 unspecified atom stereocenters. The molecule has 5 aromatic carbocycles. The van der Waals surface area contributed by atoms with Crippen LogP contribution in [0.2, 0.25) is 0 Å². The molecule has 0 aliphatic rings. The van der Waals surface area contributed by atoms with Gasteiger partial charge in [0, 0.05) is 17.0 Å². The number of nitro benzene ring substituents is 1. The number of benzene rings is 5. The van der Waals surface area contributed by atoms with Crippen LogP contribution in [-0.2, 0) is 48.4 Å². The van der Waals surface area contributed by atoms with E-state index in [9.17, 15) is 51.4 Å². The van der Waals surface area contributed by atoms with Crippen LogP contribution in [0.1, 0.15) is 5.69 Å². The standard InChI is InChI=1S/C32H23N9O20S5/c1-14-27(32(44)40(39-14)17-3-6-19(7-4-17)62-59-56-47)36-33-16-2-8-21(24(12-16)65(50,51)52)35-37-28-23(64-61-58-49)10-15-11-25(66(53,54)55)29(31(43)26(15)30(28)42)38-34-20-9-5-18(41(45)46)13-22(20)63-60-57-48/h2-13,42-44,47-49H,1H3,(H,50,51,52)(H,53,54,55). The first-order valence-electron chi connectivity index (χ1n) is 16.9. The van der Waals surface area contributed by atoms with Gasteiger partial charge in [-0.1, -0.05) is 15.1 Å². The molecule has 1 aromatic heterocycles. The number of aromatic nitrogens is 2. The lowest BCUT2D eigenvalue weighted by Gasteiger charge is -2.13. The van der Waals surface area contributed by atoms with E-state index in [0.29, 0.717) is 28.7 Å². The van der Waals surface area contributed by atoms with Crippen molar-refractivity contribution in [3.63, 3.8) is 0 Å². The van der Waals surface area contributed by atoms with E-state index in [1.54, 1.807) is 12.1 Å². The van der Waals surface area contributed by atoms with Crippen molar-refractivity contribution in [2.45, 2.75) is 31.4 Å². The smallest absolute Gasteiger partial charge is 0.296 e. The SMILES string of the molecule is Cc1nn(-c2ccc(SOOO)cc2)c(O)c1N=Nc1ccc(N=Nc2c(SOOO)cc3cc(S(=O)(=O)O)c(N=Nc4ccc([N+](=O)[O-])cc4SOOO)c(O)c3c2O)c(S(=O)(=O)O)c1. The molecule has 346 valence electrons. The Kier molecular flexibility index (Phi) is 15.5. The normalized spacial score (nSPS) is 12.4. The second kappa shape index (κ2) is 20.9. The zero-order valence-electron chi connectivity index (χ0n) is 32.0. The highest BCUT2D eigenvalue weighted by Gasteiger charge is 2.27. The minimum absolute atomic E-state index is 0.123. The van der Waals surface area contributed by atoms with Gasteiger partial charge in [-0.05, 0) is 73.0 Å². The summed E-state index contributed by atoms with van der Waals surface area (Å²) in [5.41, 5.74) is -2.90. The molecule has 0 bridgehead atoms. The quantitative estimate of drug-likeness (QED) is 0.00934. The van der Waals surface area contributed by atoms with Crippen molar-refractivity contribution < 1.29 is 90.1 Å². The van der Waals surface area contributed by atoms with Crippen LogP contribution in [0.15, 0.2) is 128 Å². The number of phenols is 2. The van der Waals surface area contributed by atoms with Gasteiger partial charge in [0.25, 0.3) is 25.9 Å². The summed E-state index contributed by atoms with van der Waals surface area (Å²) in [5.74, 6) is -2.71. The Balaban J connectivity index is 1.41. The van der Waals surface area contributed by atoms with Gasteiger partial charge in [0.2, 0.25) is 5.88 Å². The summed E-state index contributed by atoms with van der Waals surface area (Å²) in [6.07, 6.45) is 0. The van der Waals surface area contributed by atoms with Crippen molar-refractivity contribution >= 4 is 107 Å². The zero-order valence-corrected chi connectivity index (χ0v) is 36.1. The van der Waals surface area contributed by atoms with E-state index in [2.05, 4.69) is 63.9 Å². The molecule has 6 aromatic rings. The van der Waals surface area contributed by atoms with Crippen LogP contribution < -0.4 is 0 Å². The summed E-state index contributed by atoms with van der Waals surface area (Å²) in [6, 6.07) is 13.7. The first-order chi connectivity index (χ1) is 31.4. The summed E-state index contributed by atoms with van der Waals surface area (Å²) < 4.78 is 84.7. The lowest BCUT2D eigenvalue weighted by Crippen LogP contribution is -1.99. The van der Waals surface area contributed by atoms with E-state index in [1.807, 2.05) is 0 Å². The van der Waals surface area contributed by atoms with Gasteiger partial charge in [0.1, 0.15) is 32.5 Å². The number of non-ortho nitro benzene ring substituents is 1. The number of azo groups is 3. The molecule has 0 atom stereocenters. The third-order valence-corrected chi connectivity index (χ3v) is 11.8. The minimum Gasteiger partial charge on any atom is -0.505 e. The monoisotopic (exact) mass is 1010 g/mol. The number of nitro groups is 1. The van der Waals surface area contributed by atoms with Crippen LogP contribution in [-0.4, -0.2) is 71.7 Å². The number of hydrogen-bond donors (Lipinski definition) is 8. The maximum Gasteiger partial charge on any atom is 0.296 e. The predicted molar refractivity (Wildman–Crippen MR) is 221 cm³/mol. The molecule has 0 saturated heterocycles. The highest BCUT2D eigenvalue weighted by Crippen LogP contribution is 2.52. The summed E-state index contributed by atoms with van der Waals surface area (Å²) in [7, 11) is -10.4. The van der Waals surface area contributed by atoms with Crippen LogP contribution in [0, 0.1) is 17.0 Å². The van der Waals surface area contributed by atoms with E-state index in [-0.39, 0.29) is 62.0 Å². The van der Waals surface area contributed by atoms with Gasteiger partial charge in [0.15, 0.2) is 17.2 Å². The molecule has 0 spiro atoms. The number of nitrogens with zero attached hydrogens (tertiary/aromatic N) is 9. The van der Waals surface area contributed by atoms with Gasteiger partial charge in [-0.2, -0.15) is 31.7 Å². The lowest BCUT2D eigenvalue weighted by molar-refractivity contribution is -0.432. The Bertz CT molecular complexity index is 3160. The molecule has 0 saturated carbocycles. The van der Waals surface area contributed by atoms with Gasteiger partial charge in [-0.3, -0.25) is 19.2 Å². The Morgan fingerprint density at radius 2 is 1.23 bits per heavy atom. The lowest BCUT2D eigenvalue weighted by atomic mass is 10.1. The molecule has 34 heteroatoms. The summed E-state index contributed by atoms with van der Waals surface area (Å²) in [5, 5.41) is 108. The molecule has 29 nitrogen and oxygen atoms in total. The van der Waals surface area contributed by atoms with Crippen molar-refractivity contribution in [3.8, 4) is 23.1 Å². The second-order valence-electron chi connectivity index (χ2n) is 12.2. The molecule has 0 radical (unpaired) electrons. The molecule has 0 amide bonds. The second-order valence-corrected chi connectivity index (χ2v) is 17.2. The number of fused-ring (bicyclic) bond motifs is 1. The highest BCUT2D eigenvalue weighted by atomic mass is 32.2. The van der Waals surface area contributed by atoms with E-state index in [0.717, 1.165) is 47.1 Å². The van der Waals surface area contributed by atoms with Crippen LogP contribution >= 0.6 is 36.1 Å².